The van der Waals surface area contributed by atoms with Crippen LogP contribution in [0.15, 0.2) is 52.6 Å². The molecule has 0 saturated heterocycles. The fraction of sp³-hybridized carbons (Fsp3) is 0.200. The zero-order chi connectivity index (χ0) is 18.1. The second kappa shape index (κ2) is 6.80. The number of furan rings is 1. The van der Waals surface area contributed by atoms with E-state index >= 15 is 0 Å². The smallest absolute Gasteiger partial charge is 0.230 e. The molecule has 0 aliphatic heterocycles. The number of amides is 1. The Bertz CT molecular complexity index is 1060. The van der Waals surface area contributed by atoms with Crippen LogP contribution in [0.1, 0.15) is 21.6 Å². The number of fused-ring (bicyclic) bond motifs is 1. The maximum Gasteiger partial charge on any atom is 0.230 e. The first-order valence-corrected chi connectivity index (χ1v) is 9.30. The molecule has 0 unspecified atom stereocenters. The van der Waals surface area contributed by atoms with E-state index in [1.165, 1.54) is 10.4 Å². The van der Waals surface area contributed by atoms with Crippen LogP contribution >= 0.6 is 11.3 Å². The number of thiophene rings is 1. The summed E-state index contributed by atoms with van der Waals surface area (Å²) in [5.41, 5.74) is 4.05. The Morgan fingerprint density at radius 2 is 2.15 bits per heavy atom. The Hall–Kier alpha value is -2.86. The third kappa shape index (κ3) is 3.15. The SMILES string of the molecule is Cc1ccc2c(CC(=O)Nc3ccnn3Cc3cccs3)coc2c1C. The van der Waals surface area contributed by atoms with Crippen LogP contribution in [-0.2, 0) is 17.8 Å². The van der Waals surface area contributed by atoms with E-state index in [-0.39, 0.29) is 12.3 Å². The van der Waals surface area contributed by atoms with E-state index in [1.54, 1.807) is 28.5 Å². The summed E-state index contributed by atoms with van der Waals surface area (Å²) >= 11 is 1.67. The van der Waals surface area contributed by atoms with Crippen molar-refractivity contribution in [3.05, 3.63) is 69.7 Å². The van der Waals surface area contributed by atoms with Gasteiger partial charge in [-0.25, -0.2) is 4.68 Å². The lowest BCUT2D eigenvalue weighted by Gasteiger charge is -2.08. The number of aryl methyl sites for hydroxylation is 2. The number of aromatic nitrogens is 2. The molecule has 1 aromatic carbocycles. The van der Waals surface area contributed by atoms with Gasteiger partial charge in [0.25, 0.3) is 0 Å². The summed E-state index contributed by atoms with van der Waals surface area (Å²) in [5, 5.41) is 10.3. The number of hydrogen-bond acceptors (Lipinski definition) is 4. The van der Waals surface area contributed by atoms with E-state index in [9.17, 15) is 4.79 Å². The standard InChI is InChI=1S/C20H19N3O2S/c1-13-5-6-17-15(12-25-20(17)14(13)2)10-19(24)22-18-7-8-21-23(18)11-16-4-3-9-26-16/h3-9,12H,10-11H2,1-2H3,(H,22,24). The highest BCUT2D eigenvalue weighted by Gasteiger charge is 2.14. The topological polar surface area (TPSA) is 60.1 Å². The van der Waals surface area contributed by atoms with E-state index in [0.717, 1.165) is 22.1 Å². The van der Waals surface area contributed by atoms with Gasteiger partial charge in [-0.05, 0) is 36.4 Å². The van der Waals surface area contributed by atoms with Gasteiger partial charge < -0.3 is 9.73 Å². The van der Waals surface area contributed by atoms with Gasteiger partial charge in [-0.3, -0.25) is 4.79 Å². The zero-order valence-electron chi connectivity index (χ0n) is 14.7. The Labute approximate surface area is 155 Å². The number of hydrogen-bond donors (Lipinski definition) is 1. The van der Waals surface area contributed by atoms with Gasteiger partial charge in [0.2, 0.25) is 5.91 Å². The minimum atomic E-state index is -0.0844. The first-order valence-electron chi connectivity index (χ1n) is 8.42. The zero-order valence-corrected chi connectivity index (χ0v) is 15.5. The molecular weight excluding hydrogens is 346 g/mol. The second-order valence-electron chi connectivity index (χ2n) is 6.32. The van der Waals surface area contributed by atoms with Crippen molar-refractivity contribution in [1.82, 2.24) is 9.78 Å². The van der Waals surface area contributed by atoms with E-state index in [4.69, 9.17) is 4.42 Å². The molecule has 3 aromatic heterocycles. The molecule has 1 amide bonds. The Kier molecular flexibility index (Phi) is 4.34. The third-order valence-electron chi connectivity index (χ3n) is 4.56. The predicted octanol–water partition coefficient (Wildman–Crippen LogP) is 4.54. The number of benzene rings is 1. The van der Waals surface area contributed by atoms with Crippen LogP contribution < -0.4 is 5.32 Å². The third-order valence-corrected chi connectivity index (χ3v) is 5.42. The summed E-state index contributed by atoms with van der Waals surface area (Å²) in [6.07, 6.45) is 3.64. The minimum absolute atomic E-state index is 0.0844. The molecule has 26 heavy (non-hydrogen) atoms. The van der Waals surface area contributed by atoms with Crippen LogP contribution in [-0.4, -0.2) is 15.7 Å². The molecule has 4 rings (SSSR count). The summed E-state index contributed by atoms with van der Waals surface area (Å²) < 4.78 is 7.49. The highest BCUT2D eigenvalue weighted by Crippen LogP contribution is 2.27. The number of nitrogens with zero attached hydrogens (tertiary/aromatic N) is 2. The highest BCUT2D eigenvalue weighted by atomic mass is 32.1. The molecule has 0 atom stereocenters. The summed E-state index contributed by atoms with van der Waals surface area (Å²) in [5.74, 6) is 0.613. The largest absolute Gasteiger partial charge is 0.464 e. The number of rotatable bonds is 5. The van der Waals surface area contributed by atoms with E-state index in [0.29, 0.717) is 12.4 Å². The van der Waals surface area contributed by atoms with Crippen LogP contribution in [0.2, 0.25) is 0 Å². The van der Waals surface area contributed by atoms with Crippen molar-refractivity contribution in [2.45, 2.75) is 26.8 Å². The molecule has 0 aliphatic rings. The van der Waals surface area contributed by atoms with Crippen molar-refractivity contribution in [1.29, 1.82) is 0 Å². The lowest BCUT2D eigenvalue weighted by Crippen LogP contribution is -2.17. The molecule has 1 N–H and O–H groups in total. The van der Waals surface area contributed by atoms with Gasteiger partial charge in [-0.2, -0.15) is 5.10 Å². The molecule has 6 heteroatoms. The predicted molar refractivity (Wildman–Crippen MR) is 104 cm³/mol. The molecule has 0 fully saturated rings. The summed E-state index contributed by atoms with van der Waals surface area (Å²) in [4.78, 5) is 13.7. The first kappa shape index (κ1) is 16.6. The quantitative estimate of drug-likeness (QED) is 0.565. The molecule has 0 bridgehead atoms. The van der Waals surface area contributed by atoms with E-state index in [2.05, 4.69) is 29.5 Å². The Morgan fingerprint density at radius 3 is 2.96 bits per heavy atom. The highest BCUT2D eigenvalue weighted by molar-refractivity contribution is 7.09. The van der Waals surface area contributed by atoms with Crippen molar-refractivity contribution >= 4 is 34.0 Å². The lowest BCUT2D eigenvalue weighted by atomic mass is 10.0. The van der Waals surface area contributed by atoms with Crippen molar-refractivity contribution < 1.29 is 9.21 Å². The van der Waals surface area contributed by atoms with Gasteiger partial charge in [-0.1, -0.05) is 18.2 Å². The monoisotopic (exact) mass is 365 g/mol. The van der Waals surface area contributed by atoms with Gasteiger partial charge in [-0.15, -0.1) is 11.3 Å². The summed E-state index contributed by atoms with van der Waals surface area (Å²) in [7, 11) is 0. The van der Waals surface area contributed by atoms with E-state index < -0.39 is 0 Å². The Balaban J connectivity index is 1.50. The second-order valence-corrected chi connectivity index (χ2v) is 7.36. The lowest BCUT2D eigenvalue weighted by molar-refractivity contribution is -0.115. The minimum Gasteiger partial charge on any atom is -0.464 e. The molecule has 0 radical (unpaired) electrons. The van der Waals surface area contributed by atoms with E-state index in [1.807, 2.05) is 30.5 Å². The van der Waals surface area contributed by atoms with Crippen molar-refractivity contribution in [2.75, 3.05) is 5.32 Å². The Morgan fingerprint density at radius 1 is 1.27 bits per heavy atom. The van der Waals surface area contributed by atoms with Crippen LogP contribution in [0.25, 0.3) is 11.0 Å². The number of nitrogens with one attached hydrogen (secondary N) is 1. The van der Waals surface area contributed by atoms with Gasteiger partial charge in [0.1, 0.15) is 11.4 Å². The van der Waals surface area contributed by atoms with Gasteiger partial charge in [0.15, 0.2) is 0 Å². The average Bonchev–Trinajstić information content (AvgIpc) is 3.35. The normalized spacial score (nSPS) is 11.2. The van der Waals surface area contributed by atoms with Crippen molar-refractivity contribution in [3.63, 3.8) is 0 Å². The fourth-order valence-corrected chi connectivity index (χ4v) is 3.69. The number of anilines is 1. The summed E-state index contributed by atoms with van der Waals surface area (Å²) in [6.45, 7) is 4.74. The molecular formula is C20H19N3O2S. The summed E-state index contributed by atoms with van der Waals surface area (Å²) in [6, 6.07) is 9.96. The van der Waals surface area contributed by atoms with Crippen molar-refractivity contribution in [3.8, 4) is 0 Å². The number of carbonyl (C=O) groups is 1. The van der Waals surface area contributed by atoms with Crippen LogP contribution in [0, 0.1) is 13.8 Å². The maximum absolute atomic E-state index is 12.5. The van der Waals surface area contributed by atoms with Gasteiger partial charge >= 0.3 is 0 Å². The molecule has 0 spiro atoms. The molecule has 4 aromatic rings. The van der Waals surface area contributed by atoms with Crippen LogP contribution in [0.3, 0.4) is 0 Å². The fourth-order valence-electron chi connectivity index (χ4n) is 3.00. The maximum atomic E-state index is 12.5. The first-order chi connectivity index (χ1) is 12.6. The van der Waals surface area contributed by atoms with Crippen molar-refractivity contribution in [2.24, 2.45) is 0 Å². The van der Waals surface area contributed by atoms with Gasteiger partial charge in [0.05, 0.1) is 25.4 Å². The van der Waals surface area contributed by atoms with Gasteiger partial charge in [0, 0.05) is 21.9 Å². The molecule has 3 heterocycles. The molecule has 0 aliphatic carbocycles. The van der Waals surface area contributed by atoms with Crippen LogP contribution in [0.5, 0.6) is 0 Å². The number of carbonyl (C=O) groups excluding carboxylic acids is 1. The molecule has 0 saturated carbocycles. The molecule has 5 nitrogen and oxygen atoms in total. The van der Waals surface area contributed by atoms with Crippen LogP contribution in [0.4, 0.5) is 5.82 Å². The average molecular weight is 365 g/mol. The molecule has 132 valence electrons.